The summed E-state index contributed by atoms with van der Waals surface area (Å²) in [5.41, 5.74) is 2.53. The van der Waals surface area contributed by atoms with Gasteiger partial charge in [-0.25, -0.2) is 4.58 Å². The zero-order valence-electron chi connectivity index (χ0n) is 7.73. The van der Waals surface area contributed by atoms with Gasteiger partial charge in [0.15, 0.2) is 0 Å². The van der Waals surface area contributed by atoms with Crippen molar-refractivity contribution in [1.82, 2.24) is 0 Å². The molecule has 13 heavy (non-hydrogen) atoms. The summed E-state index contributed by atoms with van der Waals surface area (Å²) in [6.45, 7) is 0. The lowest BCUT2D eigenvalue weighted by Crippen LogP contribution is -1.99. The highest BCUT2D eigenvalue weighted by Gasteiger charge is 2.04. The first-order chi connectivity index (χ1) is 6.20. The molecule has 1 aromatic rings. The Morgan fingerprint density at radius 3 is 2.46 bits per heavy atom. The smallest absolute Gasteiger partial charge is 0.229 e. The molecule has 0 aliphatic heterocycles. The Kier molecular flexibility index (Phi) is 3.71. The van der Waals surface area contributed by atoms with Gasteiger partial charge in [-0.05, 0) is 0 Å². The molecule has 0 aliphatic carbocycles. The van der Waals surface area contributed by atoms with Crippen molar-refractivity contribution in [3.63, 3.8) is 0 Å². The molecular formula is C10H12NOS+. The van der Waals surface area contributed by atoms with Gasteiger partial charge in [0.2, 0.25) is 10.7 Å². The van der Waals surface area contributed by atoms with Gasteiger partial charge in [0.1, 0.15) is 14.1 Å². The lowest BCUT2D eigenvalue weighted by Gasteiger charge is -1.93. The second kappa shape index (κ2) is 4.82. The average Bonchev–Trinajstić information content (AvgIpc) is 2.15. The first kappa shape index (κ1) is 9.99. The number of carbonyl (C=O) groups is 1. The first-order valence-electron chi connectivity index (χ1n) is 3.96. The van der Waals surface area contributed by atoms with Crippen molar-refractivity contribution in [2.45, 2.75) is 0 Å². The van der Waals surface area contributed by atoms with Crippen LogP contribution >= 0.6 is 11.8 Å². The van der Waals surface area contributed by atoms with E-state index >= 15 is 0 Å². The van der Waals surface area contributed by atoms with Crippen LogP contribution in [0.1, 0.15) is 10.4 Å². The normalized spacial score (nSPS) is 9.38. The van der Waals surface area contributed by atoms with E-state index in [1.165, 1.54) is 11.8 Å². The first-order valence-corrected chi connectivity index (χ1v) is 4.84. The second-order valence-corrected chi connectivity index (χ2v) is 3.66. The molecule has 0 unspecified atom stereocenters. The topological polar surface area (TPSA) is 20.1 Å². The zero-order chi connectivity index (χ0) is 9.68. The van der Waals surface area contributed by atoms with Gasteiger partial charge in [-0.1, -0.05) is 30.3 Å². The Hall–Kier alpha value is -1.09. The molecule has 0 heterocycles. The summed E-state index contributed by atoms with van der Waals surface area (Å²) in [7, 11) is 3.79. The molecule has 0 aromatic heterocycles. The van der Waals surface area contributed by atoms with E-state index in [1.807, 2.05) is 49.0 Å². The lowest BCUT2D eigenvalue weighted by atomic mass is 10.2. The van der Waals surface area contributed by atoms with E-state index in [9.17, 15) is 4.79 Å². The highest BCUT2D eigenvalue weighted by atomic mass is 32.2. The third-order valence-electron chi connectivity index (χ3n) is 1.38. The lowest BCUT2D eigenvalue weighted by molar-refractivity contribution is -0.456. The summed E-state index contributed by atoms with van der Waals surface area (Å²) in [4.78, 5) is 11.5. The number of benzene rings is 1. The predicted molar refractivity (Wildman–Crippen MR) is 56.5 cm³/mol. The van der Waals surface area contributed by atoms with Gasteiger partial charge in [0.05, 0.1) is 0 Å². The molecule has 0 atom stereocenters. The predicted octanol–water partition coefficient (Wildman–Crippen LogP) is 1.86. The average molecular weight is 194 g/mol. The summed E-state index contributed by atoms with van der Waals surface area (Å²) >= 11 is 1.20. The Morgan fingerprint density at radius 2 is 1.92 bits per heavy atom. The standard InChI is InChI=1S/C10H12NOS/c1-11(2)8-13-10(12)9-6-4-3-5-7-9/h3-8H,1-2H3/q+1. The third-order valence-corrected chi connectivity index (χ3v) is 2.36. The zero-order valence-corrected chi connectivity index (χ0v) is 8.54. The molecule has 0 fully saturated rings. The molecule has 1 rings (SSSR count). The maximum atomic E-state index is 11.5. The second-order valence-electron chi connectivity index (χ2n) is 2.84. The Balaban J connectivity index is 2.65. The van der Waals surface area contributed by atoms with Crippen molar-refractivity contribution < 1.29 is 9.37 Å². The molecule has 0 bridgehead atoms. The van der Waals surface area contributed by atoms with Gasteiger partial charge in [-0.3, -0.25) is 4.79 Å². The number of rotatable bonds is 2. The van der Waals surface area contributed by atoms with Crippen LogP contribution in [-0.4, -0.2) is 29.3 Å². The van der Waals surface area contributed by atoms with E-state index in [-0.39, 0.29) is 5.12 Å². The highest BCUT2D eigenvalue weighted by Crippen LogP contribution is 2.08. The summed E-state index contributed by atoms with van der Waals surface area (Å²) in [6, 6.07) is 9.27. The van der Waals surface area contributed by atoms with Crippen molar-refractivity contribution in [3.8, 4) is 0 Å². The van der Waals surface area contributed by atoms with Crippen LogP contribution in [0.15, 0.2) is 30.3 Å². The third kappa shape index (κ3) is 3.42. The van der Waals surface area contributed by atoms with E-state index < -0.39 is 0 Å². The van der Waals surface area contributed by atoms with Crippen LogP contribution in [0.4, 0.5) is 0 Å². The molecule has 0 saturated heterocycles. The number of nitrogens with zero attached hydrogens (tertiary/aromatic N) is 1. The van der Waals surface area contributed by atoms with Crippen LogP contribution in [0, 0.1) is 0 Å². The van der Waals surface area contributed by atoms with Gasteiger partial charge < -0.3 is 0 Å². The van der Waals surface area contributed by atoms with E-state index in [0.717, 1.165) is 5.56 Å². The Morgan fingerprint density at radius 1 is 1.31 bits per heavy atom. The van der Waals surface area contributed by atoms with Gasteiger partial charge in [-0.15, -0.1) is 0 Å². The minimum Gasteiger partial charge on any atom is -0.281 e. The minimum atomic E-state index is 0.0781. The van der Waals surface area contributed by atoms with Gasteiger partial charge in [0.25, 0.3) is 0 Å². The monoisotopic (exact) mass is 194 g/mol. The van der Waals surface area contributed by atoms with Gasteiger partial charge >= 0.3 is 0 Å². The molecule has 0 spiro atoms. The Bertz CT molecular complexity index is 315. The molecule has 2 nitrogen and oxygen atoms in total. The fourth-order valence-corrected chi connectivity index (χ4v) is 1.37. The van der Waals surface area contributed by atoms with Crippen molar-refractivity contribution in [1.29, 1.82) is 0 Å². The number of carbonyl (C=O) groups excluding carboxylic acids is 1. The van der Waals surface area contributed by atoms with Crippen molar-refractivity contribution in [2.24, 2.45) is 0 Å². The van der Waals surface area contributed by atoms with E-state index in [4.69, 9.17) is 0 Å². The fourth-order valence-electron chi connectivity index (χ4n) is 0.796. The SMILES string of the molecule is C[N+](C)=CSC(=O)c1ccccc1. The van der Waals surface area contributed by atoms with E-state index in [2.05, 4.69) is 0 Å². The van der Waals surface area contributed by atoms with Crippen LogP contribution in [0.5, 0.6) is 0 Å². The summed E-state index contributed by atoms with van der Waals surface area (Å²) < 4.78 is 1.85. The highest BCUT2D eigenvalue weighted by molar-refractivity contribution is 8.25. The number of hydrogen-bond acceptors (Lipinski definition) is 2. The maximum Gasteiger partial charge on any atom is 0.229 e. The quantitative estimate of drug-likeness (QED) is 0.407. The van der Waals surface area contributed by atoms with Gasteiger partial charge in [-0.2, -0.15) is 0 Å². The van der Waals surface area contributed by atoms with Crippen molar-refractivity contribution in [3.05, 3.63) is 35.9 Å². The van der Waals surface area contributed by atoms with Gasteiger partial charge in [0, 0.05) is 17.3 Å². The molecule has 0 amide bonds. The van der Waals surface area contributed by atoms with Crippen molar-refractivity contribution in [2.75, 3.05) is 14.1 Å². The van der Waals surface area contributed by atoms with Crippen LogP contribution < -0.4 is 0 Å². The van der Waals surface area contributed by atoms with Crippen molar-refractivity contribution >= 4 is 22.4 Å². The van der Waals surface area contributed by atoms with Crippen LogP contribution in [-0.2, 0) is 0 Å². The van der Waals surface area contributed by atoms with E-state index in [1.54, 1.807) is 5.55 Å². The molecule has 0 radical (unpaired) electrons. The molecular weight excluding hydrogens is 182 g/mol. The van der Waals surface area contributed by atoms with Crippen LogP contribution in [0.3, 0.4) is 0 Å². The largest absolute Gasteiger partial charge is 0.281 e. The maximum absolute atomic E-state index is 11.5. The molecule has 0 aliphatic rings. The van der Waals surface area contributed by atoms with Crippen LogP contribution in [0.25, 0.3) is 0 Å². The molecule has 3 heteroatoms. The summed E-state index contributed by atoms with van der Waals surface area (Å²) in [6.07, 6.45) is 0. The number of thioether (sulfide) groups is 1. The Labute approximate surface area is 82.3 Å². The molecule has 0 N–H and O–H groups in total. The van der Waals surface area contributed by atoms with Crippen LogP contribution in [0.2, 0.25) is 0 Å². The summed E-state index contributed by atoms with van der Waals surface area (Å²) in [5, 5.41) is 0.0781. The fraction of sp³-hybridized carbons (Fsp3) is 0.200. The number of hydrogen-bond donors (Lipinski definition) is 0. The molecule has 1 aromatic carbocycles. The minimum absolute atomic E-state index is 0.0781. The molecule has 0 saturated carbocycles. The molecule has 68 valence electrons. The van der Waals surface area contributed by atoms with E-state index in [0.29, 0.717) is 0 Å². The summed E-state index contributed by atoms with van der Waals surface area (Å²) in [5.74, 6) is 0.